The second kappa shape index (κ2) is 5.63. The number of hydrogen-bond donors (Lipinski definition) is 1. The molecule has 2 aromatic carbocycles. The lowest BCUT2D eigenvalue weighted by atomic mass is 10.0. The summed E-state index contributed by atoms with van der Waals surface area (Å²) in [5.74, 6) is -0.125. The first kappa shape index (κ1) is 13.1. The summed E-state index contributed by atoms with van der Waals surface area (Å²) in [6, 6.07) is 13.7. The highest BCUT2D eigenvalue weighted by atomic mass is 19.1. The van der Waals surface area contributed by atoms with Crippen molar-refractivity contribution in [3.8, 4) is 11.1 Å². The normalized spacial score (nSPS) is 15.4. The quantitative estimate of drug-likeness (QED) is 0.901. The molecule has 0 aromatic heterocycles. The molecule has 0 radical (unpaired) electrons. The highest BCUT2D eigenvalue weighted by Crippen LogP contribution is 2.30. The van der Waals surface area contributed by atoms with Gasteiger partial charge in [-0.15, -0.1) is 0 Å². The lowest BCUT2D eigenvalue weighted by Gasteiger charge is -2.31. The number of halogens is 1. The van der Waals surface area contributed by atoms with Crippen molar-refractivity contribution < 1.29 is 4.39 Å². The smallest absolute Gasteiger partial charge is 0.128 e. The highest BCUT2D eigenvalue weighted by molar-refractivity contribution is 5.71. The number of anilines is 1. The van der Waals surface area contributed by atoms with E-state index in [9.17, 15) is 4.39 Å². The van der Waals surface area contributed by atoms with Gasteiger partial charge < -0.3 is 10.2 Å². The fraction of sp³-hybridized carbons (Fsp3) is 0.294. The van der Waals surface area contributed by atoms with Crippen LogP contribution in [-0.2, 0) is 0 Å². The summed E-state index contributed by atoms with van der Waals surface area (Å²) in [5.41, 5.74) is 3.77. The standard InChI is InChI=1S/C17H19FN2/c1-13-16(18)11-15(14-5-3-2-4-6-14)12-17(13)20-9-7-19-8-10-20/h2-6,11-12,19H,7-10H2,1H3. The van der Waals surface area contributed by atoms with Crippen molar-refractivity contribution in [1.29, 1.82) is 0 Å². The molecule has 0 atom stereocenters. The summed E-state index contributed by atoms with van der Waals surface area (Å²) in [7, 11) is 0. The molecule has 1 aliphatic rings. The Kier molecular flexibility index (Phi) is 3.70. The number of hydrogen-bond acceptors (Lipinski definition) is 2. The third kappa shape index (κ3) is 2.54. The van der Waals surface area contributed by atoms with E-state index in [1.807, 2.05) is 37.3 Å². The molecule has 2 aromatic rings. The van der Waals surface area contributed by atoms with Crippen molar-refractivity contribution in [3.05, 3.63) is 53.8 Å². The topological polar surface area (TPSA) is 15.3 Å². The summed E-state index contributed by atoms with van der Waals surface area (Å²) in [6.45, 7) is 5.63. The van der Waals surface area contributed by atoms with Crippen LogP contribution < -0.4 is 10.2 Å². The first-order valence-electron chi connectivity index (χ1n) is 7.07. The van der Waals surface area contributed by atoms with Crippen LogP contribution in [0.25, 0.3) is 11.1 Å². The maximum Gasteiger partial charge on any atom is 0.128 e. The summed E-state index contributed by atoms with van der Waals surface area (Å²) in [4.78, 5) is 2.27. The van der Waals surface area contributed by atoms with E-state index in [0.29, 0.717) is 0 Å². The second-order valence-corrected chi connectivity index (χ2v) is 5.21. The van der Waals surface area contributed by atoms with E-state index in [0.717, 1.165) is 48.6 Å². The molecule has 20 heavy (non-hydrogen) atoms. The van der Waals surface area contributed by atoms with Gasteiger partial charge in [0.1, 0.15) is 5.82 Å². The Morgan fingerprint density at radius 2 is 1.70 bits per heavy atom. The number of nitrogens with one attached hydrogen (secondary N) is 1. The van der Waals surface area contributed by atoms with E-state index >= 15 is 0 Å². The summed E-state index contributed by atoms with van der Waals surface area (Å²) in [5, 5.41) is 3.33. The lowest BCUT2D eigenvalue weighted by Crippen LogP contribution is -2.43. The van der Waals surface area contributed by atoms with Crippen LogP contribution in [0.1, 0.15) is 5.56 Å². The predicted octanol–water partition coefficient (Wildman–Crippen LogP) is 3.21. The van der Waals surface area contributed by atoms with Gasteiger partial charge in [-0.3, -0.25) is 0 Å². The van der Waals surface area contributed by atoms with Gasteiger partial charge in [0.15, 0.2) is 0 Å². The maximum atomic E-state index is 14.2. The molecule has 1 fully saturated rings. The average molecular weight is 270 g/mol. The van der Waals surface area contributed by atoms with Crippen LogP contribution in [0.2, 0.25) is 0 Å². The minimum atomic E-state index is -0.125. The number of benzene rings is 2. The predicted molar refractivity (Wildman–Crippen MR) is 81.7 cm³/mol. The van der Waals surface area contributed by atoms with E-state index in [1.165, 1.54) is 0 Å². The molecule has 0 saturated carbocycles. The molecule has 3 heteroatoms. The Morgan fingerprint density at radius 3 is 2.40 bits per heavy atom. The zero-order valence-electron chi connectivity index (χ0n) is 11.7. The number of nitrogens with zero attached hydrogens (tertiary/aromatic N) is 1. The fourth-order valence-electron chi connectivity index (χ4n) is 2.70. The van der Waals surface area contributed by atoms with Crippen molar-refractivity contribution in [2.24, 2.45) is 0 Å². The average Bonchev–Trinajstić information content (AvgIpc) is 2.51. The Morgan fingerprint density at radius 1 is 1.00 bits per heavy atom. The Balaban J connectivity index is 2.03. The molecule has 1 saturated heterocycles. The second-order valence-electron chi connectivity index (χ2n) is 5.21. The van der Waals surface area contributed by atoms with E-state index in [4.69, 9.17) is 0 Å². The first-order chi connectivity index (χ1) is 9.75. The zero-order chi connectivity index (χ0) is 13.9. The van der Waals surface area contributed by atoms with Crippen molar-refractivity contribution in [2.45, 2.75) is 6.92 Å². The van der Waals surface area contributed by atoms with Gasteiger partial charge >= 0.3 is 0 Å². The van der Waals surface area contributed by atoms with Gasteiger partial charge in [0.2, 0.25) is 0 Å². The Hall–Kier alpha value is -1.87. The van der Waals surface area contributed by atoms with Crippen molar-refractivity contribution in [1.82, 2.24) is 5.32 Å². The molecule has 2 nitrogen and oxygen atoms in total. The molecule has 0 aliphatic carbocycles. The van der Waals surface area contributed by atoms with E-state index in [2.05, 4.69) is 16.3 Å². The molecular weight excluding hydrogens is 251 g/mol. The van der Waals surface area contributed by atoms with Crippen LogP contribution in [0.15, 0.2) is 42.5 Å². The van der Waals surface area contributed by atoms with Crippen LogP contribution in [0.3, 0.4) is 0 Å². The van der Waals surface area contributed by atoms with Gasteiger partial charge in [-0.1, -0.05) is 30.3 Å². The van der Waals surface area contributed by atoms with Gasteiger partial charge in [0.25, 0.3) is 0 Å². The van der Waals surface area contributed by atoms with Gasteiger partial charge in [-0.25, -0.2) is 4.39 Å². The zero-order valence-corrected chi connectivity index (χ0v) is 11.7. The molecule has 104 valence electrons. The molecule has 0 unspecified atom stereocenters. The van der Waals surface area contributed by atoms with Crippen LogP contribution in [0, 0.1) is 12.7 Å². The first-order valence-corrected chi connectivity index (χ1v) is 7.07. The number of piperazine rings is 1. The number of rotatable bonds is 2. The van der Waals surface area contributed by atoms with Crippen LogP contribution >= 0.6 is 0 Å². The van der Waals surface area contributed by atoms with Crippen molar-refractivity contribution in [3.63, 3.8) is 0 Å². The van der Waals surface area contributed by atoms with Crippen molar-refractivity contribution in [2.75, 3.05) is 31.1 Å². The van der Waals surface area contributed by atoms with Crippen LogP contribution in [0.4, 0.5) is 10.1 Å². The summed E-state index contributed by atoms with van der Waals surface area (Å²) in [6.07, 6.45) is 0. The third-order valence-electron chi connectivity index (χ3n) is 3.88. The Labute approximate surface area is 119 Å². The monoisotopic (exact) mass is 270 g/mol. The molecule has 1 N–H and O–H groups in total. The molecule has 0 bridgehead atoms. The van der Waals surface area contributed by atoms with Gasteiger partial charge in [0, 0.05) is 37.4 Å². The fourth-order valence-corrected chi connectivity index (χ4v) is 2.70. The SMILES string of the molecule is Cc1c(F)cc(-c2ccccc2)cc1N1CCNCC1. The molecule has 0 spiro atoms. The van der Waals surface area contributed by atoms with Crippen LogP contribution in [-0.4, -0.2) is 26.2 Å². The largest absolute Gasteiger partial charge is 0.369 e. The van der Waals surface area contributed by atoms with Crippen LogP contribution in [0.5, 0.6) is 0 Å². The molecule has 3 rings (SSSR count). The summed E-state index contributed by atoms with van der Waals surface area (Å²) >= 11 is 0. The molecule has 1 aliphatic heterocycles. The molecule has 1 heterocycles. The van der Waals surface area contributed by atoms with E-state index in [-0.39, 0.29) is 5.82 Å². The third-order valence-corrected chi connectivity index (χ3v) is 3.88. The maximum absolute atomic E-state index is 14.2. The molecular formula is C17H19FN2. The van der Waals surface area contributed by atoms with E-state index < -0.39 is 0 Å². The van der Waals surface area contributed by atoms with Gasteiger partial charge in [-0.05, 0) is 30.2 Å². The highest BCUT2D eigenvalue weighted by Gasteiger charge is 2.16. The van der Waals surface area contributed by atoms with Crippen molar-refractivity contribution >= 4 is 5.69 Å². The Bertz CT molecular complexity index is 589. The minimum absolute atomic E-state index is 0.125. The lowest BCUT2D eigenvalue weighted by molar-refractivity contribution is 0.581. The summed E-state index contributed by atoms with van der Waals surface area (Å²) < 4.78 is 14.2. The molecule has 0 amide bonds. The van der Waals surface area contributed by atoms with Gasteiger partial charge in [-0.2, -0.15) is 0 Å². The van der Waals surface area contributed by atoms with E-state index in [1.54, 1.807) is 6.07 Å². The minimum Gasteiger partial charge on any atom is -0.369 e. The van der Waals surface area contributed by atoms with Gasteiger partial charge in [0.05, 0.1) is 0 Å².